The van der Waals surface area contributed by atoms with Gasteiger partial charge in [0.05, 0.1) is 18.9 Å². The highest BCUT2D eigenvalue weighted by molar-refractivity contribution is 5.78. The van der Waals surface area contributed by atoms with E-state index in [2.05, 4.69) is 25.4 Å². The minimum Gasteiger partial charge on any atom is -0.476 e. The number of alkyl halides is 2. The monoisotopic (exact) mass is 405 g/mol. The highest BCUT2D eigenvalue weighted by atomic mass is 19.2. The van der Waals surface area contributed by atoms with E-state index in [-0.39, 0.29) is 49.5 Å². The van der Waals surface area contributed by atoms with Crippen molar-refractivity contribution in [1.82, 2.24) is 19.5 Å². The summed E-state index contributed by atoms with van der Waals surface area (Å²) in [5.41, 5.74) is -1.90. The summed E-state index contributed by atoms with van der Waals surface area (Å²) in [4.78, 5) is 12.7. The number of anilines is 1. The van der Waals surface area contributed by atoms with Crippen molar-refractivity contribution >= 4 is 17.1 Å². The number of imidazole rings is 1. The third kappa shape index (κ3) is 3.27. The van der Waals surface area contributed by atoms with Crippen LogP contribution in [-0.2, 0) is 4.74 Å². The van der Waals surface area contributed by atoms with Crippen molar-refractivity contribution in [3.8, 4) is 5.88 Å². The minimum atomic E-state index is -2.68. The Morgan fingerprint density at radius 3 is 3.00 bits per heavy atom. The molecule has 1 saturated heterocycles. The van der Waals surface area contributed by atoms with Crippen LogP contribution < -0.4 is 10.1 Å². The topological polar surface area (TPSA) is 115 Å². The van der Waals surface area contributed by atoms with Crippen molar-refractivity contribution in [2.45, 2.75) is 44.9 Å². The fourth-order valence-corrected chi connectivity index (χ4v) is 3.56. The number of nitrogens with zero attached hydrogens (tertiary/aromatic N) is 4. The lowest BCUT2D eigenvalue weighted by atomic mass is 9.84. The largest absolute Gasteiger partial charge is 0.476 e. The summed E-state index contributed by atoms with van der Waals surface area (Å²) in [7, 11) is 0. The Kier molecular flexibility index (Phi) is 4.95. The van der Waals surface area contributed by atoms with Crippen molar-refractivity contribution in [2.75, 3.05) is 31.7 Å². The van der Waals surface area contributed by atoms with Crippen molar-refractivity contribution < 1.29 is 29.8 Å². The maximum atomic E-state index is 15.8. The Morgan fingerprint density at radius 2 is 2.32 bits per heavy atom. The van der Waals surface area contributed by atoms with E-state index in [0.29, 0.717) is 6.61 Å². The third-order valence-electron chi connectivity index (χ3n) is 4.82. The van der Waals surface area contributed by atoms with E-state index in [1.54, 1.807) is 6.92 Å². The first-order chi connectivity index (χ1) is 14.3. The summed E-state index contributed by atoms with van der Waals surface area (Å²) in [6, 6.07) is 0. The molecule has 0 amide bonds. The van der Waals surface area contributed by atoms with Crippen LogP contribution in [0.2, 0.25) is 0 Å². The van der Waals surface area contributed by atoms with Crippen molar-refractivity contribution in [1.29, 1.82) is 1.43 Å². The van der Waals surface area contributed by atoms with Gasteiger partial charge in [-0.3, -0.25) is 4.57 Å². The number of fused-ring (bicyclic) bond motifs is 1. The van der Waals surface area contributed by atoms with E-state index in [1.807, 2.05) is 0 Å². The molecule has 156 valence electrons. The number of ether oxygens (including phenoxy) is 2. The molecule has 9 nitrogen and oxygen atoms in total. The van der Waals surface area contributed by atoms with Gasteiger partial charge in [0.25, 0.3) is 0 Å². The smallest absolute Gasteiger partial charge is 0.247 e. The van der Waals surface area contributed by atoms with Crippen LogP contribution in [-0.4, -0.2) is 69.1 Å². The first-order valence-electron chi connectivity index (χ1n) is 10.1. The summed E-state index contributed by atoms with van der Waals surface area (Å²) >= 11 is 0. The molecule has 0 aromatic carbocycles. The van der Waals surface area contributed by atoms with Gasteiger partial charge in [-0.1, -0.05) is 0 Å². The molecule has 0 saturated carbocycles. The second-order valence-corrected chi connectivity index (χ2v) is 6.65. The number of aromatic nitrogens is 4. The number of hydrogen-bond donors (Lipinski definition) is 3. The summed E-state index contributed by atoms with van der Waals surface area (Å²) in [6.45, 7) is 2.29. The second kappa shape index (κ2) is 7.72. The van der Waals surface area contributed by atoms with Crippen LogP contribution in [0.1, 0.15) is 34.8 Å². The summed E-state index contributed by atoms with van der Waals surface area (Å²) < 4.78 is 57.3. The van der Waals surface area contributed by atoms with E-state index in [4.69, 9.17) is 12.3 Å². The first kappa shape index (κ1) is 18.0. The van der Waals surface area contributed by atoms with E-state index in [1.165, 1.54) is 17.8 Å². The zero-order valence-electron chi connectivity index (χ0n) is 17.7. The number of aliphatic hydroxyl groups excluding tert-OH is 2. The van der Waals surface area contributed by atoms with Gasteiger partial charge in [0, 0.05) is 14.5 Å². The lowest BCUT2D eigenvalue weighted by Crippen LogP contribution is -2.41. The quantitative estimate of drug-likeness (QED) is 0.576. The number of rotatable bonds is 9. The summed E-state index contributed by atoms with van der Waals surface area (Å²) in [5, 5.41) is 16.6. The fraction of sp³-hybridized carbons (Fsp3) is 0.706. The highest BCUT2D eigenvalue weighted by Crippen LogP contribution is 2.53. The van der Waals surface area contributed by atoms with Crippen LogP contribution >= 0.6 is 0 Å². The van der Waals surface area contributed by atoms with E-state index < -0.39 is 30.3 Å². The molecule has 3 rings (SSSR count). The maximum absolute atomic E-state index is 15.8. The molecule has 2 aromatic heterocycles. The molecule has 11 heteroatoms. The number of halogens is 2. The Morgan fingerprint density at radius 1 is 1.50 bits per heavy atom. The van der Waals surface area contributed by atoms with Crippen LogP contribution in [0.4, 0.5) is 14.7 Å². The van der Waals surface area contributed by atoms with Gasteiger partial charge in [0.15, 0.2) is 23.1 Å². The molecule has 3 N–H and O–H groups in total. The molecule has 0 spiro atoms. The standard InChI is InChI=1S/C17H25F2N5O4/c1-4-20-15-22-12-11(13(23-15)27-5-2)21-9-24(12)14-16(3,18)10(6-7-25)17(19,8-26)28-14/h9-10,14,25-26H,4-8H2,1-3H3,(H,20,22,23)/t10-,14+,16+,17+/m0/s1/i1T,25T. The zero-order chi connectivity index (χ0) is 21.9. The third-order valence-corrected chi connectivity index (χ3v) is 4.82. The van der Waals surface area contributed by atoms with Gasteiger partial charge in [0.2, 0.25) is 19.1 Å². The minimum absolute atomic E-state index is 0.0829. The molecule has 0 bridgehead atoms. The maximum Gasteiger partial charge on any atom is 0.247 e. The lowest BCUT2D eigenvalue weighted by molar-refractivity contribution is -0.195. The molecule has 3 heterocycles. The van der Waals surface area contributed by atoms with Crippen molar-refractivity contribution in [2.24, 2.45) is 5.92 Å². The predicted octanol–water partition coefficient (Wildman–Crippen LogP) is 1.57. The zero-order valence-corrected chi connectivity index (χ0v) is 15.7. The van der Waals surface area contributed by atoms with Crippen molar-refractivity contribution in [3.63, 3.8) is 0 Å². The van der Waals surface area contributed by atoms with E-state index in [0.717, 1.165) is 0 Å². The molecule has 0 unspecified atom stereocenters. The number of aliphatic hydroxyl groups is 2. The van der Waals surface area contributed by atoms with Gasteiger partial charge < -0.3 is 25.0 Å². The van der Waals surface area contributed by atoms with E-state index in [9.17, 15) is 5.11 Å². The predicted molar refractivity (Wildman–Crippen MR) is 96.4 cm³/mol. The molecule has 1 aliphatic rings. The van der Waals surface area contributed by atoms with Gasteiger partial charge in [-0.2, -0.15) is 9.97 Å². The van der Waals surface area contributed by atoms with Gasteiger partial charge in [0.1, 0.15) is 6.61 Å². The van der Waals surface area contributed by atoms with Gasteiger partial charge >= 0.3 is 0 Å². The van der Waals surface area contributed by atoms with E-state index >= 15 is 8.78 Å². The highest BCUT2D eigenvalue weighted by Gasteiger charge is 2.64. The summed E-state index contributed by atoms with van der Waals surface area (Å²) in [5.74, 6) is -3.77. The molecule has 0 aliphatic carbocycles. The van der Waals surface area contributed by atoms with Crippen LogP contribution in [0.5, 0.6) is 5.88 Å². The van der Waals surface area contributed by atoms with Gasteiger partial charge in [-0.05, 0) is 27.2 Å². The molecular formula is C17H25F2N5O4. The molecule has 4 atom stereocenters. The number of nitrogens with one attached hydrogen (secondary N) is 1. The van der Waals surface area contributed by atoms with Crippen LogP contribution in [0.15, 0.2) is 6.33 Å². The lowest BCUT2D eigenvalue weighted by Gasteiger charge is -2.28. The SMILES string of the molecule is [3H]CCNc1nc(OCC)c2ncn([C@@H]3O[C@](F)(CO)[C@@H](CCO[3H])[C@@]3(C)F)c2n1. The Hall–Kier alpha value is -2.11. The van der Waals surface area contributed by atoms with Gasteiger partial charge in [-0.25, -0.2) is 13.8 Å². The fourth-order valence-electron chi connectivity index (χ4n) is 3.56. The Bertz CT molecular complexity index is 874. The normalized spacial score (nSPS) is 31.0. The molecule has 1 fully saturated rings. The molecule has 0 radical (unpaired) electrons. The first-order valence-corrected chi connectivity index (χ1v) is 8.97. The van der Waals surface area contributed by atoms with Crippen LogP contribution in [0, 0.1) is 5.92 Å². The van der Waals surface area contributed by atoms with Gasteiger partial charge in [-0.15, -0.1) is 0 Å². The Labute approximate surface area is 163 Å². The molecular weight excluding hydrogens is 376 g/mol. The average molecular weight is 405 g/mol. The summed E-state index contributed by atoms with van der Waals surface area (Å²) in [6.07, 6.45) is -0.421. The Balaban J connectivity index is 2.07. The van der Waals surface area contributed by atoms with Crippen LogP contribution in [0.25, 0.3) is 11.2 Å². The molecule has 1 aliphatic heterocycles. The second-order valence-electron chi connectivity index (χ2n) is 6.65. The van der Waals surface area contributed by atoms with Crippen molar-refractivity contribution in [3.05, 3.63) is 6.33 Å². The molecule has 2 aromatic rings. The number of hydrogen-bond acceptors (Lipinski definition) is 8. The average Bonchev–Trinajstić information content (AvgIpc) is 3.22. The molecule has 28 heavy (non-hydrogen) atoms. The van der Waals surface area contributed by atoms with Crippen LogP contribution in [0.3, 0.4) is 0 Å².